The minimum Gasteiger partial charge on any atom is -0.456 e. The number of rotatable bonds is 4. The van der Waals surface area contributed by atoms with E-state index in [0.717, 1.165) is 32.6 Å². The van der Waals surface area contributed by atoms with Crippen LogP contribution in [0.25, 0.3) is 83.6 Å². The van der Waals surface area contributed by atoms with Crippen LogP contribution in [0.4, 0.5) is 0 Å². The maximum absolute atomic E-state index is 8.72. The number of fused-ring (bicyclic) bond motifs is 6. The quantitative estimate of drug-likeness (QED) is 0.210. The third-order valence-corrected chi connectivity index (χ3v) is 7.65. The zero-order valence-corrected chi connectivity index (χ0v) is 22.8. The lowest BCUT2D eigenvalue weighted by Crippen LogP contribution is -2.06. The molecule has 0 aliphatic carbocycles. The van der Waals surface area contributed by atoms with Crippen LogP contribution in [-0.2, 0) is 0 Å². The van der Waals surface area contributed by atoms with Gasteiger partial charge in [0.1, 0.15) is 11.2 Å². The monoisotopic (exact) mass is 574 g/mol. The Labute approximate surface area is 266 Å². The first-order valence-electron chi connectivity index (χ1n) is 18.8. The van der Waals surface area contributed by atoms with Crippen LogP contribution in [0.15, 0.2) is 150 Å². The van der Waals surface area contributed by atoms with Crippen molar-refractivity contribution in [1.29, 1.82) is 0 Å². The number of nitrogens with zero attached hydrogens (tertiary/aromatic N) is 4. The van der Waals surface area contributed by atoms with Crippen LogP contribution < -0.4 is 0 Å². The first-order chi connectivity index (χ1) is 25.9. The highest BCUT2D eigenvalue weighted by Gasteiger charge is 2.18. The molecule has 3 aromatic heterocycles. The molecule has 0 fully saturated rings. The Bertz CT molecular complexity index is 2970. The summed E-state index contributed by atoms with van der Waals surface area (Å²) in [6.45, 7) is 0. The highest BCUT2D eigenvalue weighted by molar-refractivity contribution is 6.09. The van der Waals surface area contributed by atoms with Crippen molar-refractivity contribution in [2.75, 3.05) is 0 Å². The van der Waals surface area contributed by atoms with E-state index in [4.69, 9.17) is 33.1 Å². The van der Waals surface area contributed by atoms with Gasteiger partial charge in [-0.3, -0.25) is 4.57 Å². The van der Waals surface area contributed by atoms with Crippen molar-refractivity contribution in [3.05, 3.63) is 145 Å². The lowest BCUT2D eigenvalue weighted by atomic mass is 10.0. The van der Waals surface area contributed by atoms with Gasteiger partial charge in [-0.25, -0.2) is 4.98 Å². The Hall–Kier alpha value is -6.07. The fourth-order valence-corrected chi connectivity index (χ4v) is 5.67. The van der Waals surface area contributed by atoms with Gasteiger partial charge in [-0.15, -0.1) is 0 Å². The minimum absolute atomic E-state index is 0.0620. The molecule has 0 aliphatic heterocycles. The first kappa shape index (κ1) is 16.5. The van der Waals surface area contributed by atoms with Crippen molar-refractivity contribution in [2.45, 2.75) is 0 Å². The van der Waals surface area contributed by atoms with E-state index in [0.29, 0.717) is 22.3 Å². The molecule has 0 N–H and O–H groups in total. The SMILES string of the molecule is [2H]c1c([2H])c([2H])c(-c2ccc3c(c2)oc2cc(-c4nc(-c5c([2H])c([2H])c([2H])c([2H])c5[2H])nc(-n5c6ccccc6c6ccccc65)n4)ccc23)c([2H])c1[2H]. The van der Waals surface area contributed by atoms with Gasteiger partial charge in [-0.1, -0.05) is 109 Å². The maximum Gasteiger partial charge on any atom is 0.238 e. The molecule has 0 radical (unpaired) electrons. The molecule has 0 saturated heterocycles. The second-order valence-corrected chi connectivity index (χ2v) is 10.2. The van der Waals surface area contributed by atoms with E-state index in [-0.39, 0.29) is 40.8 Å². The first-order valence-corrected chi connectivity index (χ1v) is 13.8. The van der Waals surface area contributed by atoms with Crippen LogP contribution in [0.1, 0.15) is 13.7 Å². The average Bonchev–Trinajstić information content (AvgIpc) is 3.73. The molecule has 0 unspecified atom stereocenters. The smallest absolute Gasteiger partial charge is 0.238 e. The number of para-hydroxylation sites is 2. The summed E-state index contributed by atoms with van der Waals surface area (Å²) in [5.74, 6) is 0.222. The van der Waals surface area contributed by atoms with Crippen LogP contribution >= 0.6 is 0 Å². The standard InChI is InChI=1S/C39H24N4O/c1-3-11-25(12-4-1)27-19-21-31-32-22-20-28(24-36(32)44-35(31)23-27)38-40-37(26-13-5-2-6-14-26)41-39(42-38)43-33-17-9-7-15-29(33)30-16-8-10-18-34(30)43/h1-24H/i1D,2D,3D,4D,5D,6D,11D,12D,13D,14D. The summed E-state index contributed by atoms with van der Waals surface area (Å²) in [4.78, 5) is 14.4. The Morgan fingerprint density at radius 1 is 0.477 bits per heavy atom. The third kappa shape index (κ3) is 3.91. The third-order valence-electron chi connectivity index (χ3n) is 7.65. The summed E-state index contributed by atoms with van der Waals surface area (Å²) in [6.07, 6.45) is 0. The number of hydrogen-bond donors (Lipinski definition) is 0. The van der Waals surface area contributed by atoms with Crippen molar-refractivity contribution < 1.29 is 18.1 Å². The second kappa shape index (κ2) is 9.75. The van der Waals surface area contributed by atoms with Gasteiger partial charge in [0.05, 0.1) is 24.7 Å². The molecule has 9 aromatic rings. The van der Waals surface area contributed by atoms with Gasteiger partial charge in [-0.2, -0.15) is 9.97 Å². The van der Waals surface area contributed by atoms with Gasteiger partial charge in [0.25, 0.3) is 0 Å². The van der Waals surface area contributed by atoms with E-state index >= 15 is 0 Å². The Morgan fingerprint density at radius 3 is 1.64 bits per heavy atom. The van der Waals surface area contributed by atoms with Crippen LogP contribution in [0.3, 0.4) is 0 Å². The van der Waals surface area contributed by atoms with Crippen LogP contribution in [0.5, 0.6) is 0 Å². The van der Waals surface area contributed by atoms with Crippen LogP contribution in [0, 0.1) is 0 Å². The summed E-state index contributed by atoms with van der Waals surface area (Å²) >= 11 is 0. The Morgan fingerprint density at radius 2 is 1.00 bits per heavy atom. The average molecular weight is 575 g/mol. The van der Waals surface area contributed by atoms with E-state index in [2.05, 4.69) is 0 Å². The Balaban J connectivity index is 1.27. The highest BCUT2D eigenvalue weighted by Crippen LogP contribution is 2.35. The molecule has 44 heavy (non-hydrogen) atoms. The second-order valence-electron chi connectivity index (χ2n) is 10.2. The van der Waals surface area contributed by atoms with Gasteiger partial charge < -0.3 is 4.42 Å². The zero-order chi connectivity index (χ0) is 37.7. The van der Waals surface area contributed by atoms with Gasteiger partial charge in [0, 0.05) is 32.7 Å². The van der Waals surface area contributed by atoms with E-state index in [9.17, 15) is 0 Å². The number of benzene rings is 6. The molecule has 6 aromatic carbocycles. The maximum atomic E-state index is 8.72. The molecule has 5 nitrogen and oxygen atoms in total. The summed E-state index contributed by atoms with van der Waals surface area (Å²) in [6, 6.07) is 21.5. The normalized spacial score (nSPS) is 14.8. The minimum atomic E-state index is -0.532. The molecule has 206 valence electrons. The lowest BCUT2D eigenvalue weighted by Gasteiger charge is -2.10. The molecule has 0 saturated carbocycles. The molecule has 9 rings (SSSR count). The molecule has 3 heterocycles. The molecule has 0 bridgehead atoms. The number of hydrogen-bond acceptors (Lipinski definition) is 4. The largest absolute Gasteiger partial charge is 0.456 e. The molecule has 5 heteroatoms. The van der Waals surface area contributed by atoms with Crippen LogP contribution in [-0.4, -0.2) is 19.5 Å². The molecule has 0 spiro atoms. The van der Waals surface area contributed by atoms with Gasteiger partial charge in [0.2, 0.25) is 5.95 Å². The molecular weight excluding hydrogens is 540 g/mol. The van der Waals surface area contributed by atoms with E-state index in [1.807, 2.05) is 59.2 Å². The lowest BCUT2D eigenvalue weighted by molar-refractivity contribution is 0.669. The summed E-state index contributed by atoms with van der Waals surface area (Å²) in [7, 11) is 0. The van der Waals surface area contributed by atoms with Crippen molar-refractivity contribution in [1.82, 2.24) is 19.5 Å². The summed E-state index contributed by atoms with van der Waals surface area (Å²) in [5, 5.41) is 3.37. The fraction of sp³-hybridized carbons (Fsp3) is 0. The van der Waals surface area contributed by atoms with Crippen molar-refractivity contribution in [3.63, 3.8) is 0 Å². The Kier molecular flexibility index (Phi) is 3.66. The predicted molar refractivity (Wildman–Crippen MR) is 178 cm³/mol. The van der Waals surface area contributed by atoms with Crippen LogP contribution in [0.2, 0.25) is 0 Å². The predicted octanol–water partition coefficient (Wildman–Crippen LogP) is 9.87. The van der Waals surface area contributed by atoms with E-state index in [1.165, 1.54) is 0 Å². The van der Waals surface area contributed by atoms with E-state index < -0.39 is 48.3 Å². The molecule has 0 aliphatic rings. The van der Waals surface area contributed by atoms with Gasteiger partial charge >= 0.3 is 0 Å². The van der Waals surface area contributed by atoms with Gasteiger partial charge in [-0.05, 0) is 47.5 Å². The number of aromatic nitrogens is 4. The van der Waals surface area contributed by atoms with Crippen molar-refractivity contribution in [2.24, 2.45) is 0 Å². The molecule has 0 atom stereocenters. The topological polar surface area (TPSA) is 56.7 Å². The fourth-order valence-electron chi connectivity index (χ4n) is 5.67. The van der Waals surface area contributed by atoms with Gasteiger partial charge in [0.15, 0.2) is 11.6 Å². The van der Waals surface area contributed by atoms with Crippen molar-refractivity contribution >= 4 is 43.7 Å². The van der Waals surface area contributed by atoms with E-state index in [1.54, 1.807) is 30.3 Å². The summed E-state index contributed by atoms with van der Waals surface area (Å²) < 4.78 is 91.4. The zero-order valence-electron chi connectivity index (χ0n) is 32.8. The summed E-state index contributed by atoms with van der Waals surface area (Å²) in [5.41, 5.74) is 3.25. The number of furan rings is 1. The van der Waals surface area contributed by atoms with Crippen molar-refractivity contribution in [3.8, 4) is 39.9 Å². The highest BCUT2D eigenvalue weighted by atomic mass is 16.3. The molecular formula is C39H24N4O. The molecule has 0 amide bonds.